The maximum Gasteiger partial charge on any atom is 0.187 e. The lowest BCUT2D eigenvalue weighted by molar-refractivity contribution is 1.17. The van der Waals surface area contributed by atoms with Crippen LogP contribution < -0.4 is 0 Å². The summed E-state index contributed by atoms with van der Waals surface area (Å²) in [7, 11) is 0. The highest BCUT2D eigenvalue weighted by Gasteiger charge is 2.16. The van der Waals surface area contributed by atoms with Crippen molar-refractivity contribution < 1.29 is 0 Å². The fourth-order valence-electron chi connectivity index (χ4n) is 6.14. The van der Waals surface area contributed by atoms with Crippen LogP contribution in [0.15, 0.2) is 140 Å². The summed E-state index contributed by atoms with van der Waals surface area (Å²) in [5.41, 5.74) is 9.86. The lowest BCUT2D eigenvalue weighted by Gasteiger charge is -2.11. The van der Waals surface area contributed by atoms with Crippen LogP contribution in [0.3, 0.4) is 0 Å². The maximum absolute atomic E-state index is 7.35. The van der Waals surface area contributed by atoms with Gasteiger partial charge in [0.15, 0.2) is 5.69 Å². The molecule has 0 saturated heterocycles. The topological polar surface area (TPSA) is 14.2 Å². The first-order valence-electron chi connectivity index (χ1n) is 13.4. The third-order valence-corrected chi connectivity index (χ3v) is 7.93. The first kappa shape index (κ1) is 22.4. The molecule has 0 N–H and O–H groups in total. The van der Waals surface area contributed by atoms with Crippen LogP contribution in [-0.2, 0) is 0 Å². The summed E-state index contributed by atoms with van der Waals surface area (Å²) in [5.74, 6) is 0. The molecule has 0 aliphatic rings. The van der Waals surface area contributed by atoms with E-state index in [-0.39, 0.29) is 0 Å². The van der Waals surface area contributed by atoms with Crippen molar-refractivity contribution in [1.82, 2.24) is 9.13 Å². The van der Waals surface area contributed by atoms with Gasteiger partial charge >= 0.3 is 0 Å². The Bertz CT molecular complexity index is 2220. The molecule has 0 radical (unpaired) electrons. The third kappa shape index (κ3) is 3.30. The van der Waals surface area contributed by atoms with Gasteiger partial charge < -0.3 is 9.13 Å². The third-order valence-electron chi connectivity index (χ3n) is 7.93. The Morgan fingerprint density at radius 2 is 0.925 bits per heavy atom. The van der Waals surface area contributed by atoms with Crippen molar-refractivity contribution in [3.8, 4) is 22.5 Å². The van der Waals surface area contributed by atoms with Crippen molar-refractivity contribution in [3.63, 3.8) is 0 Å². The second kappa shape index (κ2) is 8.73. The zero-order chi connectivity index (χ0) is 26.6. The van der Waals surface area contributed by atoms with Gasteiger partial charge in [0.25, 0.3) is 0 Å². The number of nitrogens with zero attached hydrogens (tertiary/aromatic N) is 3. The van der Waals surface area contributed by atoms with E-state index in [0.29, 0.717) is 5.69 Å². The number of fused-ring (bicyclic) bond motifs is 6. The summed E-state index contributed by atoms with van der Waals surface area (Å²) < 4.78 is 4.72. The summed E-state index contributed by atoms with van der Waals surface area (Å²) in [6, 6.07) is 49.2. The van der Waals surface area contributed by atoms with Crippen LogP contribution in [0.1, 0.15) is 0 Å². The molecule has 0 aliphatic heterocycles. The molecule has 40 heavy (non-hydrogen) atoms. The van der Waals surface area contributed by atoms with Gasteiger partial charge in [-0.1, -0.05) is 84.9 Å². The van der Waals surface area contributed by atoms with Gasteiger partial charge in [0, 0.05) is 32.9 Å². The van der Waals surface area contributed by atoms with Crippen LogP contribution >= 0.6 is 0 Å². The molecule has 8 aromatic rings. The van der Waals surface area contributed by atoms with Crippen LogP contribution in [0.5, 0.6) is 0 Å². The Hall–Kier alpha value is -5.59. The summed E-state index contributed by atoms with van der Waals surface area (Å²) in [4.78, 5) is 3.59. The molecular formula is C37H23N3. The van der Waals surface area contributed by atoms with Gasteiger partial charge in [-0.3, -0.25) is 0 Å². The molecule has 0 bridgehead atoms. The first-order valence-corrected chi connectivity index (χ1v) is 13.4. The van der Waals surface area contributed by atoms with Crippen LogP contribution in [0.4, 0.5) is 5.69 Å². The van der Waals surface area contributed by atoms with E-state index < -0.39 is 0 Å². The molecule has 0 atom stereocenters. The fraction of sp³-hybridized carbons (Fsp3) is 0. The van der Waals surface area contributed by atoms with Crippen LogP contribution in [0.2, 0.25) is 0 Å². The minimum absolute atomic E-state index is 0.656. The summed E-state index contributed by atoms with van der Waals surface area (Å²) in [5, 5.41) is 4.99. The molecule has 0 aliphatic carbocycles. The molecule has 3 heteroatoms. The summed E-state index contributed by atoms with van der Waals surface area (Å²) in [6.07, 6.45) is 0. The number of rotatable bonds is 3. The molecule has 0 saturated carbocycles. The zero-order valence-electron chi connectivity index (χ0n) is 21.6. The van der Waals surface area contributed by atoms with E-state index in [1.165, 1.54) is 43.6 Å². The lowest BCUT2D eigenvalue weighted by atomic mass is 10.0. The van der Waals surface area contributed by atoms with Gasteiger partial charge in [0.2, 0.25) is 0 Å². The highest BCUT2D eigenvalue weighted by molar-refractivity contribution is 6.12. The second-order valence-electron chi connectivity index (χ2n) is 10.1. The number of benzene rings is 6. The molecule has 0 amide bonds. The van der Waals surface area contributed by atoms with Crippen molar-refractivity contribution in [2.75, 3.05) is 0 Å². The number of hydrogen-bond donors (Lipinski definition) is 0. The second-order valence-corrected chi connectivity index (χ2v) is 10.1. The first-order chi connectivity index (χ1) is 19.8. The fourth-order valence-corrected chi connectivity index (χ4v) is 6.14. The largest absolute Gasteiger partial charge is 0.309 e. The van der Waals surface area contributed by atoms with Gasteiger partial charge in [-0.15, -0.1) is 0 Å². The van der Waals surface area contributed by atoms with E-state index in [2.05, 4.69) is 135 Å². The summed E-state index contributed by atoms with van der Waals surface area (Å²) >= 11 is 0. The van der Waals surface area contributed by atoms with E-state index in [1.807, 2.05) is 18.2 Å². The Labute approximate surface area is 231 Å². The van der Waals surface area contributed by atoms with E-state index >= 15 is 0 Å². The highest BCUT2D eigenvalue weighted by atomic mass is 15.0. The lowest BCUT2D eigenvalue weighted by Crippen LogP contribution is -1.95. The normalized spacial score (nSPS) is 11.5. The van der Waals surface area contributed by atoms with Crippen LogP contribution in [0.25, 0.3) is 71.0 Å². The quantitative estimate of drug-likeness (QED) is 0.210. The average Bonchev–Trinajstić information content (AvgIpc) is 3.54. The van der Waals surface area contributed by atoms with Crippen LogP contribution in [0, 0.1) is 6.57 Å². The number of hydrogen-bond acceptors (Lipinski definition) is 0. The maximum atomic E-state index is 7.35. The molecule has 6 aromatic carbocycles. The van der Waals surface area contributed by atoms with Crippen molar-refractivity contribution in [3.05, 3.63) is 151 Å². The molecule has 2 aromatic heterocycles. The average molecular weight is 510 g/mol. The number of para-hydroxylation sites is 3. The van der Waals surface area contributed by atoms with Gasteiger partial charge in [-0.2, -0.15) is 0 Å². The van der Waals surface area contributed by atoms with Gasteiger partial charge in [0.05, 0.1) is 28.6 Å². The van der Waals surface area contributed by atoms with E-state index in [4.69, 9.17) is 6.57 Å². The predicted octanol–water partition coefficient (Wildman–Crippen LogP) is 10.1. The Balaban J connectivity index is 1.33. The molecular weight excluding hydrogens is 486 g/mol. The molecule has 0 fully saturated rings. The van der Waals surface area contributed by atoms with Crippen molar-refractivity contribution in [2.45, 2.75) is 0 Å². The molecule has 186 valence electrons. The minimum Gasteiger partial charge on any atom is -0.309 e. The zero-order valence-corrected chi connectivity index (χ0v) is 21.6. The monoisotopic (exact) mass is 509 g/mol. The standard InChI is InChI=1S/C37H23N3/c1-38-27-10-8-9-26(23-27)25-17-19-28(20-18-25)39-36-16-7-4-13-32(36)33-24-29(21-22-37(33)39)40-34-14-5-2-11-30(34)31-12-3-6-15-35(31)40/h2-24H. The highest BCUT2D eigenvalue weighted by Crippen LogP contribution is 2.37. The van der Waals surface area contributed by atoms with Gasteiger partial charge in [-0.25, -0.2) is 4.85 Å². The van der Waals surface area contributed by atoms with Gasteiger partial charge in [-0.05, 0) is 65.7 Å². The smallest absolute Gasteiger partial charge is 0.187 e. The molecule has 0 spiro atoms. The van der Waals surface area contributed by atoms with Gasteiger partial charge in [0.1, 0.15) is 0 Å². The van der Waals surface area contributed by atoms with E-state index in [9.17, 15) is 0 Å². The number of aromatic nitrogens is 2. The molecule has 3 nitrogen and oxygen atoms in total. The molecule has 0 unspecified atom stereocenters. The molecule has 8 rings (SSSR count). The van der Waals surface area contributed by atoms with Crippen LogP contribution in [-0.4, -0.2) is 9.13 Å². The minimum atomic E-state index is 0.656. The Morgan fingerprint density at radius 3 is 1.55 bits per heavy atom. The van der Waals surface area contributed by atoms with Crippen molar-refractivity contribution in [2.24, 2.45) is 0 Å². The van der Waals surface area contributed by atoms with Crippen molar-refractivity contribution in [1.29, 1.82) is 0 Å². The summed E-state index contributed by atoms with van der Waals surface area (Å²) in [6.45, 7) is 7.35. The van der Waals surface area contributed by atoms with E-state index in [0.717, 1.165) is 22.5 Å². The Morgan fingerprint density at radius 1 is 0.400 bits per heavy atom. The Kier molecular flexibility index (Phi) is 4.89. The van der Waals surface area contributed by atoms with E-state index in [1.54, 1.807) is 0 Å². The molecule has 2 heterocycles. The predicted molar refractivity (Wildman–Crippen MR) is 167 cm³/mol. The SMILES string of the molecule is [C-]#[N+]c1cccc(-c2ccc(-n3c4ccccc4c4cc(-n5c6ccccc6c6ccccc65)ccc43)cc2)c1. The van der Waals surface area contributed by atoms with Crippen molar-refractivity contribution >= 4 is 49.3 Å².